The molecule has 0 aromatic heterocycles. The molecule has 1 saturated heterocycles. The van der Waals surface area contributed by atoms with Crippen LogP contribution < -0.4 is 4.74 Å². The molecule has 5 heteroatoms. The number of likely N-dealkylation sites (tertiary alicyclic amines) is 1. The van der Waals surface area contributed by atoms with Gasteiger partial charge in [0.05, 0.1) is 0 Å². The topological polar surface area (TPSA) is 38.8 Å². The molecule has 0 atom stereocenters. The van der Waals surface area contributed by atoms with Crippen LogP contribution in [0.1, 0.15) is 50.7 Å². The standard InChI is InChI=1S/C24H31NO3S/c1-24(2,3)28-23(26)25-14-12-19(13-15-25)20-6-5-7-21(16-20)27-17-18-8-10-22(29-4)11-9-18/h5-11,16,19H,12-15,17H2,1-4H3. The lowest BCUT2D eigenvalue weighted by atomic mass is 9.89. The number of amides is 1. The number of carbonyl (C=O) groups excluding carboxylic acids is 1. The van der Waals surface area contributed by atoms with E-state index in [-0.39, 0.29) is 6.09 Å². The Hall–Kier alpha value is -2.14. The predicted octanol–water partition coefficient (Wildman–Crippen LogP) is 6.10. The van der Waals surface area contributed by atoms with Crippen molar-refractivity contribution in [2.75, 3.05) is 19.3 Å². The first-order valence-electron chi connectivity index (χ1n) is 10.2. The summed E-state index contributed by atoms with van der Waals surface area (Å²) in [5.74, 6) is 1.34. The molecule has 29 heavy (non-hydrogen) atoms. The number of piperidine rings is 1. The Bertz CT molecular complexity index is 806. The third-order valence-corrected chi connectivity index (χ3v) is 5.78. The molecular formula is C24H31NO3S. The van der Waals surface area contributed by atoms with Gasteiger partial charge in [0.25, 0.3) is 0 Å². The number of carbonyl (C=O) groups is 1. The normalized spacial score (nSPS) is 15.2. The second kappa shape index (κ2) is 9.57. The zero-order valence-corrected chi connectivity index (χ0v) is 18.6. The van der Waals surface area contributed by atoms with Crippen molar-refractivity contribution in [2.45, 2.75) is 56.6 Å². The molecule has 1 amide bonds. The molecule has 1 fully saturated rings. The molecule has 156 valence electrons. The molecule has 2 aromatic carbocycles. The highest BCUT2D eigenvalue weighted by atomic mass is 32.2. The van der Waals surface area contributed by atoms with Crippen LogP contribution in [0.5, 0.6) is 5.75 Å². The van der Waals surface area contributed by atoms with Gasteiger partial charge >= 0.3 is 6.09 Å². The molecule has 1 heterocycles. The Balaban J connectivity index is 1.54. The van der Waals surface area contributed by atoms with Crippen molar-refractivity contribution in [2.24, 2.45) is 0 Å². The third kappa shape index (κ3) is 6.43. The van der Waals surface area contributed by atoms with Gasteiger partial charge in [-0.15, -0.1) is 11.8 Å². The largest absolute Gasteiger partial charge is 0.489 e. The van der Waals surface area contributed by atoms with Gasteiger partial charge in [-0.3, -0.25) is 0 Å². The fraction of sp³-hybridized carbons (Fsp3) is 0.458. The first kappa shape index (κ1) is 21.6. The van der Waals surface area contributed by atoms with Gasteiger partial charge in [0.2, 0.25) is 0 Å². The van der Waals surface area contributed by atoms with Crippen molar-refractivity contribution in [3.05, 3.63) is 59.7 Å². The molecule has 0 bridgehead atoms. The highest BCUT2D eigenvalue weighted by Gasteiger charge is 2.27. The van der Waals surface area contributed by atoms with Crippen molar-refractivity contribution in [1.82, 2.24) is 4.90 Å². The summed E-state index contributed by atoms with van der Waals surface area (Å²) in [5.41, 5.74) is 2.00. The van der Waals surface area contributed by atoms with Gasteiger partial charge in [0, 0.05) is 18.0 Å². The first-order valence-corrected chi connectivity index (χ1v) is 11.4. The summed E-state index contributed by atoms with van der Waals surface area (Å²) in [7, 11) is 0. The minimum Gasteiger partial charge on any atom is -0.489 e. The summed E-state index contributed by atoms with van der Waals surface area (Å²) in [4.78, 5) is 15.3. The Morgan fingerprint density at radius 1 is 1.10 bits per heavy atom. The molecule has 0 aliphatic carbocycles. The lowest BCUT2D eigenvalue weighted by molar-refractivity contribution is 0.0205. The molecule has 0 N–H and O–H groups in total. The lowest BCUT2D eigenvalue weighted by Crippen LogP contribution is -2.41. The second-order valence-electron chi connectivity index (χ2n) is 8.45. The van der Waals surface area contributed by atoms with Crippen LogP contribution in [0.15, 0.2) is 53.4 Å². The van der Waals surface area contributed by atoms with Gasteiger partial charge in [-0.25, -0.2) is 4.79 Å². The highest BCUT2D eigenvalue weighted by molar-refractivity contribution is 7.98. The first-order chi connectivity index (χ1) is 13.8. The highest BCUT2D eigenvalue weighted by Crippen LogP contribution is 2.31. The maximum absolute atomic E-state index is 12.3. The number of ether oxygens (including phenoxy) is 2. The maximum Gasteiger partial charge on any atom is 0.410 e. The summed E-state index contributed by atoms with van der Waals surface area (Å²) in [6.45, 7) is 7.73. The molecule has 0 saturated carbocycles. The van der Waals surface area contributed by atoms with Gasteiger partial charge in [-0.05, 0) is 81.2 Å². The summed E-state index contributed by atoms with van der Waals surface area (Å²) in [5, 5.41) is 0. The third-order valence-electron chi connectivity index (χ3n) is 5.04. The number of hydrogen-bond acceptors (Lipinski definition) is 4. The second-order valence-corrected chi connectivity index (χ2v) is 9.33. The van der Waals surface area contributed by atoms with E-state index in [9.17, 15) is 4.79 Å². The molecule has 0 spiro atoms. The Morgan fingerprint density at radius 3 is 2.41 bits per heavy atom. The zero-order valence-electron chi connectivity index (χ0n) is 17.8. The molecule has 4 nitrogen and oxygen atoms in total. The van der Waals surface area contributed by atoms with Crippen molar-refractivity contribution in [1.29, 1.82) is 0 Å². The average Bonchev–Trinajstić information content (AvgIpc) is 2.72. The maximum atomic E-state index is 12.3. The number of nitrogens with zero attached hydrogens (tertiary/aromatic N) is 1. The summed E-state index contributed by atoms with van der Waals surface area (Å²) in [6, 6.07) is 16.8. The fourth-order valence-corrected chi connectivity index (χ4v) is 3.88. The van der Waals surface area contributed by atoms with Crippen LogP contribution in [0.2, 0.25) is 0 Å². The van der Waals surface area contributed by atoms with Gasteiger partial charge < -0.3 is 14.4 Å². The zero-order chi connectivity index (χ0) is 20.9. The Kier molecular flexibility index (Phi) is 7.12. The van der Waals surface area contributed by atoms with Crippen LogP contribution in [-0.2, 0) is 11.3 Å². The SMILES string of the molecule is CSc1ccc(COc2cccc(C3CCN(C(=O)OC(C)(C)C)CC3)c2)cc1. The number of benzene rings is 2. The minimum absolute atomic E-state index is 0.208. The van der Waals surface area contributed by atoms with E-state index in [0.29, 0.717) is 12.5 Å². The molecule has 0 radical (unpaired) electrons. The Morgan fingerprint density at radius 2 is 1.79 bits per heavy atom. The van der Waals surface area contributed by atoms with E-state index in [4.69, 9.17) is 9.47 Å². The predicted molar refractivity (Wildman–Crippen MR) is 119 cm³/mol. The quantitative estimate of drug-likeness (QED) is 0.555. The van der Waals surface area contributed by atoms with E-state index in [1.165, 1.54) is 16.0 Å². The molecular weight excluding hydrogens is 382 g/mol. The van der Waals surface area contributed by atoms with E-state index in [2.05, 4.69) is 48.7 Å². The fourth-order valence-electron chi connectivity index (χ4n) is 3.47. The number of hydrogen-bond donors (Lipinski definition) is 0. The number of thioether (sulfide) groups is 1. The molecule has 2 aromatic rings. The molecule has 3 rings (SSSR count). The van der Waals surface area contributed by atoms with Crippen LogP contribution >= 0.6 is 11.8 Å². The van der Waals surface area contributed by atoms with Crippen molar-refractivity contribution in [3.63, 3.8) is 0 Å². The van der Waals surface area contributed by atoms with Crippen LogP contribution in [0.25, 0.3) is 0 Å². The van der Waals surface area contributed by atoms with Gasteiger partial charge in [0.1, 0.15) is 18.0 Å². The van der Waals surface area contributed by atoms with Crippen molar-refractivity contribution >= 4 is 17.9 Å². The van der Waals surface area contributed by atoms with Gasteiger partial charge in [0.15, 0.2) is 0 Å². The van der Waals surface area contributed by atoms with E-state index < -0.39 is 5.60 Å². The van der Waals surface area contributed by atoms with Crippen molar-refractivity contribution < 1.29 is 14.3 Å². The number of rotatable bonds is 5. The van der Waals surface area contributed by atoms with Crippen LogP contribution in [0, 0.1) is 0 Å². The molecule has 1 aliphatic heterocycles. The van der Waals surface area contributed by atoms with Crippen LogP contribution in [-0.4, -0.2) is 35.9 Å². The summed E-state index contributed by atoms with van der Waals surface area (Å²) >= 11 is 1.74. The summed E-state index contributed by atoms with van der Waals surface area (Å²) < 4.78 is 11.5. The van der Waals surface area contributed by atoms with E-state index in [1.807, 2.05) is 31.7 Å². The van der Waals surface area contributed by atoms with Crippen LogP contribution in [0.3, 0.4) is 0 Å². The van der Waals surface area contributed by atoms with Gasteiger partial charge in [-0.2, -0.15) is 0 Å². The summed E-state index contributed by atoms with van der Waals surface area (Å²) in [6.07, 6.45) is 3.76. The van der Waals surface area contributed by atoms with E-state index in [0.717, 1.165) is 31.7 Å². The van der Waals surface area contributed by atoms with E-state index >= 15 is 0 Å². The lowest BCUT2D eigenvalue weighted by Gasteiger charge is -2.33. The molecule has 1 aliphatic rings. The molecule has 0 unspecified atom stereocenters. The minimum atomic E-state index is -0.449. The average molecular weight is 414 g/mol. The Labute approximate surface area is 178 Å². The van der Waals surface area contributed by atoms with Gasteiger partial charge in [-0.1, -0.05) is 24.3 Å². The monoisotopic (exact) mass is 413 g/mol. The van der Waals surface area contributed by atoms with Crippen molar-refractivity contribution in [3.8, 4) is 5.75 Å². The van der Waals surface area contributed by atoms with E-state index in [1.54, 1.807) is 11.8 Å². The smallest absolute Gasteiger partial charge is 0.410 e. The van der Waals surface area contributed by atoms with Crippen LogP contribution in [0.4, 0.5) is 4.79 Å².